The van der Waals surface area contributed by atoms with Gasteiger partial charge in [0.1, 0.15) is 30.6 Å². The third-order valence-electron chi connectivity index (χ3n) is 9.30. The fourth-order valence-electron chi connectivity index (χ4n) is 5.63. The number of nitrogens with zero attached hydrogens (tertiary/aromatic N) is 2. The largest absolute Gasteiger partial charge is 0.481 e. The van der Waals surface area contributed by atoms with Gasteiger partial charge in [-0.05, 0) is 6.07 Å². The van der Waals surface area contributed by atoms with E-state index in [0.717, 1.165) is 6.20 Å². The van der Waals surface area contributed by atoms with E-state index >= 15 is 0 Å². The van der Waals surface area contributed by atoms with Crippen LogP contribution in [0.25, 0.3) is 0 Å². The van der Waals surface area contributed by atoms with E-state index < -0.39 is 54.2 Å². The summed E-state index contributed by atoms with van der Waals surface area (Å²) in [6.07, 6.45) is -7.62. The number of anilines is 1. The maximum absolute atomic E-state index is 12.9. The first-order valence-corrected chi connectivity index (χ1v) is 22.8. The van der Waals surface area contributed by atoms with Gasteiger partial charge in [0.05, 0.1) is 157 Å². The first kappa shape index (κ1) is 62.1. The average molecular weight is 1020 g/mol. The number of amides is 2. The standard InChI is InChI=1S/C42H71F3N6O19/c1-59-14-15-62-20-21-63-18-16-60-12-7-46-35(52)3-9-66-27-31(49-26-38(56)69-11-5-37(54)55)28-67-10-4-36(53)47-8-13-61-17-19-64-22-23-65-24-25-68-30-33-40(58)39(57)32(29-70-33)50-41-48-6-2-34(51-41)42(43,44)45/h2,6,31-33,39-40,49,57-58H,3-5,7-30H2,1H3,(H,46,52)(H,47,53)(H,54,55)(H,48,50,51)/t31?,32-,33+,39+,40-/m0/s1. The number of carboxylic acids is 1. The predicted octanol–water partition coefficient (Wildman–Crippen LogP) is -1.82. The number of hydrogen-bond acceptors (Lipinski definition) is 22. The molecule has 25 nitrogen and oxygen atoms in total. The third kappa shape index (κ3) is 32.1. The Morgan fingerprint density at radius 1 is 0.700 bits per heavy atom. The SMILES string of the molecule is COCCOCCOCCOCCNC(=O)CCOCC(COCCC(=O)NCCOCCOCCOCCOC[C@H]1OC[C@H](Nc2nccc(C(F)(F)F)n2)[C@@H](O)[C@H]1O)NCC(=O)OCCC(=O)O. The predicted molar refractivity (Wildman–Crippen MR) is 236 cm³/mol. The van der Waals surface area contributed by atoms with Gasteiger partial charge in [0.25, 0.3) is 0 Å². The van der Waals surface area contributed by atoms with E-state index in [1.165, 1.54) is 0 Å². The minimum Gasteiger partial charge on any atom is -0.481 e. The van der Waals surface area contributed by atoms with Crippen molar-refractivity contribution in [3.05, 3.63) is 18.0 Å². The Bertz CT molecular complexity index is 1550. The zero-order valence-corrected chi connectivity index (χ0v) is 39.5. The molecule has 1 fully saturated rings. The van der Waals surface area contributed by atoms with Gasteiger partial charge in [-0.2, -0.15) is 13.2 Å². The Kier molecular flexibility index (Phi) is 35.1. The highest BCUT2D eigenvalue weighted by atomic mass is 19.4. The molecule has 2 amide bonds. The van der Waals surface area contributed by atoms with Crippen molar-refractivity contribution in [2.75, 3.05) is 171 Å². The van der Waals surface area contributed by atoms with Gasteiger partial charge in [0.2, 0.25) is 17.8 Å². The number of nitrogens with one attached hydrogen (secondary N) is 4. The smallest absolute Gasteiger partial charge is 0.433 e. The molecule has 28 heteroatoms. The maximum Gasteiger partial charge on any atom is 0.433 e. The van der Waals surface area contributed by atoms with Gasteiger partial charge in [0, 0.05) is 39.2 Å². The first-order chi connectivity index (χ1) is 33.8. The monoisotopic (exact) mass is 1020 g/mol. The summed E-state index contributed by atoms with van der Waals surface area (Å²) in [6.45, 7) is 4.76. The molecule has 7 N–H and O–H groups in total. The number of methoxy groups -OCH3 is 1. The minimum absolute atomic E-state index is 0.0446. The third-order valence-corrected chi connectivity index (χ3v) is 9.30. The molecule has 1 aromatic rings. The number of carbonyl (C=O) groups is 4. The molecule has 0 radical (unpaired) electrons. The van der Waals surface area contributed by atoms with Gasteiger partial charge in [-0.3, -0.25) is 24.5 Å². The summed E-state index contributed by atoms with van der Waals surface area (Å²) < 4.78 is 103. The second-order valence-corrected chi connectivity index (χ2v) is 14.9. The van der Waals surface area contributed by atoms with E-state index in [1.807, 2.05) is 0 Å². The number of aliphatic carboxylic acids is 1. The van der Waals surface area contributed by atoms with E-state index in [9.17, 15) is 42.6 Å². The van der Waals surface area contributed by atoms with Gasteiger partial charge >= 0.3 is 18.1 Å². The lowest BCUT2D eigenvalue weighted by molar-refractivity contribution is -0.161. The molecule has 0 bridgehead atoms. The lowest BCUT2D eigenvalue weighted by Crippen LogP contribution is -2.57. The molecule has 1 unspecified atom stereocenters. The van der Waals surface area contributed by atoms with Gasteiger partial charge in [-0.25, -0.2) is 9.97 Å². The lowest BCUT2D eigenvalue weighted by Gasteiger charge is -2.37. The van der Waals surface area contributed by atoms with Crippen molar-refractivity contribution in [2.24, 2.45) is 0 Å². The molecule has 70 heavy (non-hydrogen) atoms. The summed E-state index contributed by atoms with van der Waals surface area (Å²) in [7, 11) is 1.60. The summed E-state index contributed by atoms with van der Waals surface area (Å²) >= 11 is 0. The number of carbonyl (C=O) groups excluding carboxylic acids is 3. The van der Waals surface area contributed by atoms with Crippen LogP contribution in [-0.2, 0) is 82.2 Å². The van der Waals surface area contributed by atoms with Crippen LogP contribution in [0.3, 0.4) is 0 Å². The fraction of sp³-hybridized carbons (Fsp3) is 0.810. The lowest BCUT2D eigenvalue weighted by atomic mass is 9.98. The Morgan fingerprint density at radius 2 is 1.21 bits per heavy atom. The highest BCUT2D eigenvalue weighted by Crippen LogP contribution is 2.28. The minimum atomic E-state index is -4.67. The molecule has 0 spiro atoms. The number of aliphatic hydroxyl groups excluding tert-OH is 2. The number of hydrogen-bond donors (Lipinski definition) is 7. The zero-order chi connectivity index (χ0) is 51.1. The number of halogens is 3. The van der Waals surface area contributed by atoms with Gasteiger partial charge in [-0.15, -0.1) is 0 Å². The summed E-state index contributed by atoms with van der Waals surface area (Å²) in [4.78, 5) is 54.3. The van der Waals surface area contributed by atoms with Crippen molar-refractivity contribution in [2.45, 2.75) is 55.8 Å². The van der Waals surface area contributed by atoms with Crippen LogP contribution in [-0.4, -0.2) is 245 Å². The van der Waals surface area contributed by atoms with E-state index in [0.29, 0.717) is 58.9 Å². The van der Waals surface area contributed by atoms with Crippen LogP contribution in [0.15, 0.2) is 12.3 Å². The molecule has 0 aliphatic carbocycles. The van der Waals surface area contributed by atoms with Crippen molar-refractivity contribution in [1.82, 2.24) is 25.9 Å². The Balaban J connectivity index is 1.47. The molecule has 404 valence electrons. The molecule has 0 saturated carbocycles. The van der Waals surface area contributed by atoms with Crippen LogP contribution in [0.5, 0.6) is 0 Å². The zero-order valence-electron chi connectivity index (χ0n) is 39.5. The van der Waals surface area contributed by atoms with Gasteiger partial charge < -0.3 is 88.1 Å². The number of alkyl halides is 3. The molecule has 1 aliphatic rings. The number of aromatic nitrogens is 2. The van der Waals surface area contributed by atoms with Crippen LogP contribution in [0, 0.1) is 0 Å². The van der Waals surface area contributed by atoms with Crippen LogP contribution in [0.2, 0.25) is 0 Å². The average Bonchev–Trinajstić information content (AvgIpc) is 3.32. The Hall–Kier alpha value is -4.01. The highest BCUT2D eigenvalue weighted by molar-refractivity contribution is 5.76. The van der Waals surface area contributed by atoms with Crippen molar-refractivity contribution in [1.29, 1.82) is 0 Å². The van der Waals surface area contributed by atoms with Crippen LogP contribution in [0.4, 0.5) is 19.1 Å². The summed E-state index contributed by atoms with van der Waals surface area (Å²) in [5, 5.41) is 40.6. The maximum atomic E-state index is 12.9. The van der Waals surface area contributed by atoms with Crippen LogP contribution in [0.1, 0.15) is 25.0 Å². The molecular weight excluding hydrogens is 949 g/mol. The van der Waals surface area contributed by atoms with Crippen molar-refractivity contribution < 1.29 is 105 Å². The van der Waals surface area contributed by atoms with E-state index in [1.54, 1.807) is 7.11 Å². The van der Waals surface area contributed by atoms with Crippen molar-refractivity contribution >= 4 is 29.7 Å². The number of ether oxygens (including phenoxy) is 12. The summed E-state index contributed by atoms with van der Waals surface area (Å²) in [6, 6.07) is -0.765. The normalized spacial score (nSPS) is 17.5. The molecule has 5 atom stereocenters. The molecule has 1 saturated heterocycles. The quantitative estimate of drug-likeness (QED) is 0.0280. The molecule has 1 aromatic heterocycles. The van der Waals surface area contributed by atoms with Gasteiger partial charge in [-0.1, -0.05) is 0 Å². The fourth-order valence-corrected chi connectivity index (χ4v) is 5.63. The molecular formula is C42H71F3N6O19. The second kappa shape index (κ2) is 39.6. The van der Waals surface area contributed by atoms with Crippen molar-refractivity contribution in [3.63, 3.8) is 0 Å². The topological polar surface area (TPSA) is 314 Å². The highest BCUT2D eigenvalue weighted by Gasteiger charge is 2.39. The molecule has 2 heterocycles. The van der Waals surface area contributed by atoms with E-state index in [2.05, 4.69) is 31.2 Å². The number of carboxylic acid groups (broad SMARTS) is 1. The molecule has 1 aliphatic heterocycles. The molecule has 2 rings (SSSR count). The van der Waals surface area contributed by atoms with Crippen LogP contribution >= 0.6 is 0 Å². The van der Waals surface area contributed by atoms with Crippen LogP contribution < -0.4 is 21.3 Å². The van der Waals surface area contributed by atoms with Gasteiger partial charge in [0.15, 0.2) is 0 Å². The summed E-state index contributed by atoms with van der Waals surface area (Å²) in [5.74, 6) is -2.66. The van der Waals surface area contributed by atoms with E-state index in [-0.39, 0.29) is 143 Å². The molecule has 0 aromatic carbocycles. The second-order valence-electron chi connectivity index (χ2n) is 14.9. The Morgan fingerprint density at radius 3 is 1.73 bits per heavy atom. The first-order valence-electron chi connectivity index (χ1n) is 22.8. The Labute approximate surface area is 404 Å². The summed E-state index contributed by atoms with van der Waals surface area (Å²) in [5.41, 5.74) is -1.16. The van der Waals surface area contributed by atoms with Crippen molar-refractivity contribution in [3.8, 4) is 0 Å². The number of esters is 1. The number of aliphatic hydroxyl groups is 2. The van der Waals surface area contributed by atoms with E-state index in [4.69, 9.17) is 61.9 Å². The number of rotatable bonds is 44.